The molecule has 0 amide bonds. The lowest BCUT2D eigenvalue weighted by atomic mass is 9.81. The fourth-order valence-electron chi connectivity index (χ4n) is 9.14. The molecule has 10 aromatic rings. The molecule has 0 radical (unpaired) electrons. The van der Waals surface area contributed by atoms with Crippen LogP contribution in [0.2, 0.25) is 0 Å². The molecule has 0 saturated heterocycles. The van der Waals surface area contributed by atoms with Crippen LogP contribution in [0, 0.1) is 0 Å². The summed E-state index contributed by atoms with van der Waals surface area (Å²) in [6, 6.07) is 72.5. The number of furan rings is 1. The Balaban J connectivity index is 0.902. The number of anilines is 3. The molecule has 0 spiro atoms. The summed E-state index contributed by atoms with van der Waals surface area (Å²) >= 11 is 0. The highest BCUT2D eigenvalue weighted by atomic mass is 16.3. The van der Waals surface area contributed by atoms with Crippen molar-refractivity contribution in [2.45, 2.75) is 19.3 Å². The number of fused-ring (bicyclic) bond motifs is 8. The quantitative estimate of drug-likeness (QED) is 0.169. The zero-order valence-electron chi connectivity index (χ0n) is 31.9. The van der Waals surface area contributed by atoms with Crippen molar-refractivity contribution in [2.24, 2.45) is 0 Å². The standard InChI is InChI=1S/C55H39NO/c1-55(2)51-18-10-8-15-45(51)46-33-28-40(34-52(46)55)38-26-31-43(32-27-38)56(41-12-4-3-5-13-41)42-29-24-37(25-30-42)36-20-22-39(23-21-36)49-35-50-47-16-9-11-19-53(47)57-54(50)48-17-7-6-14-44(48)49/h3-35H,1-2H3. The van der Waals surface area contributed by atoms with E-state index in [0.717, 1.165) is 44.4 Å². The van der Waals surface area contributed by atoms with E-state index in [1.165, 1.54) is 61.0 Å². The first-order valence-corrected chi connectivity index (χ1v) is 19.8. The van der Waals surface area contributed by atoms with Gasteiger partial charge in [0.2, 0.25) is 0 Å². The maximum absolute atomic E-state index is 6.37. The number of para-hydroxylation sites is 2. The van der Waals surface area contributed by atoms with E-state index in [0.29, 0.717) is 0 Å². The second-order valence-corrected chi connectivity index (χ2v) is 15.7. The van der Waals surface area contributed by atoms with E-state index >= 15 is 0 Å². The second kappa shape index (κ2) is 13.0. The summed E-state index contributed by atoms with van der Waals surface area (Å²) in [6.07, 6.45) is 0. The van der Waals surface area contributed by atoms with Gasteiger partial charge >= 0.3 is 0 Å². The predicted octanol–water partition coefficient (Wildman–Crippen LogP) is 15.5. The average Bonchev–Trinajstić information content (AvgIpc) is 3.76. The SMILES string of the molecule is CC1(C)c2ccccc2-c2ccc(-c3ccc(N(c4ccccc4)c4ccc(-c5ccc(-c6cc7c8ccccc8oc7c7ccccc67)cc5)cc4)cc3)cc21. The average molecular weight is 730 g/mol. The molecule has 0 atom stereocenters. The van der Waals surface area contributed by atoms with E-state index in [2.05, 4.69) is 213 Å². The third-order valence-electron chi connectivity index (χ3n) is 12.1. The Bertz CT molecular complexity index is 3120. The molecule has 0 aliphatic heterocycles. The van der Waals surface area contributed by atoms with Gasteiger partial charge < -0.3 is 9.32 Å². The monoisotopic (exact) mass is 729 g/mol. The van der Waals surface area contributed by atoms with E-state index in [1.54, 1.807) is 0 Å². The Morgan fingerprint density at radius 2 is 0.860 bits per heavy atom. The van der Waals surface area contributed by atoms with Gasteiger partial charge in [-0.1, -0.05) is 159 Å². The largest absolute Gasteiger partial charge is 0.455 e. The topological polar surface area (TPSA) is 16.4 Å². The minimum absolute atomic E-state index is 0.0274. The summed E-state index contributed by atoms with van der Waals surface area (Å²) in [6.45, 7) is 4.68. The van der Waals surface area contributed by atoms with Gasteiger partial charge in [-0.15, -0.1) is 0 Å². The van der Waals surface area contributed by atoms with Gasteiger partial charge in [-0.05, 0) is 116 Å². The smallest absolute Gasteiger partial charge is 0.143 e. The van der Waals surface area contributed by atoms with Gasteiger partial charge in [-0.2, -0.15) is 0 Å². The van der Waals surface area contributed by atoms with Crippen LogP contribution in [0.3, 0.4) is 0 Å². The fraction of sp³-hybridized carbons (Fsp3) is 0.0545. The van der Waals surface area contributed by atoms with Crippen molar-refractivity contribution in [3.8, 4) is 44.5 Å². The van der Waals surface area contributed by atoms with Crippen molar-refractivity contribution in [1.29, 1.82) is 0 Å². The van der Waals surface area contributed by atoms with E-state index in [-0.39, 0.29) is 5.41 Å². The molecule has 57 heavy (non-hydrogen) atoms. The lowest BCUT2D eigenvalue weighted by molar-refractivity contribution is 0.660. The number of hydrogen-bond donors (Lipinski definition) is 0. The molecular formula is C55H39NO. The minimum atomic E-state index is -0.0274. The Labute approximate surface area is 332 Å². The van der Waals surface area contributed by atoms with Gasteiger partial charge in [-0.3, -0.25) is 0 Å². The molecule has 9 aromatic carbocycles. The van der Waals surface area contributed by atoms with E-state index in [9.17, 15) is 0 Å². The lowest BCUT2D eigenvalue weighted by Crippen LogP contribution is -2.14. The normalized spacial score (nSPS) is 12.9. The van der Waals surface area contributed by atoms with Gasteiger partial charge in [0.1, 0.15) is 11.2 Å². The van der Waals surface area contributed by atoms with Crippen molar-refractivity contribution >= 4 is 49.8 Å². The van der Waals surface area contributed by atoms with Gasteiger partial charge in [0.25, 0.3) is 0 Å². The molecule has 2 nitrogen and oxygen atoms in total. The molecular weight excluding hydrogens is 691 g/mol. The highest BCUT2D eigenvalue weighted by Gasteiger charge is 2.35. The number of hydrogen-bond acceptors (Lipinski definition) is 2. The fourth-order valence-corrected chi connectivity index (χ4v) is 9.14. The van der Waals surface area contributed by atoms with Gasteiger partial charge in [0, 0.05) is 38.6 Å². The summed E-state index contributed by atoms with van der Waals surface area (Å²) < 4.78 is 6.37. The molecule has 0 N–H and O–H groups in total. The molecule has 11 rings (SSSR count). The van der Waals surface area contributed by atoms with Crippen LogP contribution >= 0.6 is 0 Å². The summed E-state index contributed by atoms with van der Waals surface area (Å²) in [5.74, 6) is 0. The third-order valence-corrected chi connectivity index (χ3v) is 12.1. The van der Waals surface area contributed by atoms with Crippen molar-refractivity contribution in [3.05, 3.63) is 211 Å². The molecule has 1 heterocycles. The van der Waals surface area contributed by atoms with E-state index in [4.69, 9.17) is 4.42 Å². The summed E-state index contributed by atoms with van der Waals surface area (Å²) in [5, 5.41) is 4.62. The maximum Gasteiger partial charge on any atom is 0.143 e. The first kappa shape index (κ1) is 33.2. The predicted molar refractivity (Wildman–Crippen MR) is 240 cm³/mol. The van der Waals surface area contributed by atoms with Crippen molar-refractivity contribution in [1.82, 2.24) is 0 Å². The number of nitrogens with zero attached hydrogens (tertiary/aromatic N) is 1. The second-order valence-electron chi connectivity index (χ2n) is 15.7. The van der Waals surface area contributed by atoms with Gasteiger partial charge in [0.15, 0.2) is 0 Å². The first-order chi connectivity index (χ1) is 28.0. The molecule has 1 aromatic heterocycles. The van der Waals surface area contributed by atoms with Crippen LogP contribution in [0.1, 0.15) is 25.0 Å². The van der Waals surface area contributed by atoms with Crippen LogP contribution < -0.4 is 4.90 Å². The summed E-state index contributed by atoms with van der Waals surface area (Å²) in [7, 11) is 0. The van der Waals surface area contributed by atoms with Crippen LogP contribution in [0.5, 0.6) is 0 Å². The van der Waals surface area contributed by atoms with Crippen molar-refractivity contribution in [3.63, 3.8) is 0 Å². The molecule has 0 saturated carbocycles. The van der Waals surface area contributed by atoms with Crippen LogP contribution in [0.25, 0.3) is 77.2 Å². The molecule has 270 valence electrons. The summed E-state index contributed by atoms with van der Waals surface area (Å²) in [5.41, 5.74) is 17.9. The Morgan fingerprint density at radius 1 is 0.351 bits per heavy atom. The minimum Gasteiger partial charge on any atom is -0.455 e. The van der Waals surface area contributed by atoms with Crippen LogP contribution in [0.15, 0.2) is 205 Å². The zero-order valence-corrected chi connectivity index (χ0v) is 31.9. The van der Waals surface area contributed by atoms with Crippen molar-refractivity contribution < 1.29 is 4.42 Å². The van der Waals surface area contributed by atoms with Gasteiger partial charge in [0.05, 0.1) is 0 Å². The number of benzene rings is 9. The van der Waals surface area contributed by atoms with Crippen LogP contribution in [0.4, 0.5) is 17.1 Å². The Morgan fingerprint density at radius 3 is 1.58 bits per heavy atom. The highest BCUT2D eigenvalue weighted by Crippen LogP contribution is 2.50. The van der Waals surface area contributed by atoms with Crippen molar-refractivity contribution in [2.75, 3.05) is 4.90 Å². The van der Waals surface area contributed by atoms with Crippen LogP contribution in [-0.4, -0.2) is 0 Å². The molecule has 1 aliphatic carbocycles. The highest BCUT2D eigenvalue weighted by molar-refractivity contribution is 6.19. The maximum atomic E-state index is 6.37. The van der Waals surface area contributed by atoms with E-state index < -0.39 is 0 Å². The Kier molecular flexibility index (Phi) is 7.55. The Hall–Kier alpha value is -7.16. The van der Waals surface area contributed by atoms with Crippen LogP contribution in [-0.2, 0) is 5.41 Å². The molecule has 2 heteroatoms. The molecule has 1 aliphatic rings. The zero-order chi connectivity index (χ0) is 38.1. The van der Waals surface area contributed by atoms with E-state index in [1.807, 2.05) is 6.07 Å². The van der Waals surface area contributed by atoms with Gasteiger partial charge in [-0.25, -0.2) is 0 Å². The molecule has 0 fully saturated rings. The lowest BCUT2D eigenvalue weighted by Gasteiger charge is -2.26. The number of rotatable bonds is 6. The summed E-state index contributed by atoms with van der Waals surface area (Å²) in [4.78, 5) is 2.33. The molecule has 0 unspecified atom stereocenters. The molecule has 0 bridgehead atoms. The third kappa shape index (κ3) is 5.40. The first-order valence-electron chi connectivity index (χ1n) is 19.8.